The number of anilines is 1. The number of carbonyl (C=O) groups excluding carboxylic acids is 1. The average Bonchev–Trinajstić information content (AvgIpc) is 3.41. The van der Waals surface area contributed by atoms with Crippen molar-refractivity contribution in [3.63, 3.8) is 0 Å². The highest BCUT2D eigenvalue weighted by Crippen LogP contribution is 2.26. The number of hydrogen-bond donors (Lipinski definition) is 1. The lowest BCUT2D eigenvalue weighted by Gasteiger charge is -2.12. The van der Waals surface area contributed by atoms with Crippen molar-refractivity contribution in [2.75, 3.05) is 19.5 Å². The summed E-state index contributed by atoms with van der Waals surface area (Å²) in [7, 11) is 1.64. The molecule has 4 rings (SSSR count). The Balaban J connectivity index is 1.79. The molecule has 0 aliphatic rings. The van der Waals surface area contributed by atoms with E-state index in [2.05, 4.69) is 25.1 Å². The maximum atomic E-state index is 12.8. The van der Waals surface area contributed by atoms with Crippen LogP contribution in [0.15, 0.2) is 36.9 Å². The SMILES string of the molecule is COCCCCC(=O)c1nc(-c2ccc3ncc(C)n3c2)c(-n2nccn2)nc1N. The zero-order valence-corrected chi connectivity index (χ0v) is 16.8. The molecule has 4 aromatic heterocycles. The van der Waals surface area contributed by atoms with Crippen molar-refractivity contribution >= 4 is 17.2 Å². The number of pyridine rings is 1. The number of nitrogens with zero attached hydrogens (tertiary/aromatic N) is 7. The molecule has 4 aromatic rings. The summed E-state index contributed by atoms with van der Waals surface area (Å²) in [5.74, 6) is 0.255. The van der Waals surface area contributed by atoms with E-state index in [1.807, 2.05) is 29.7 Å². The average molecular weight is 406 g/mol. The van der Waals surface area contributed by atoms with Gasteiger partial charge in [-0.15, -0.1) is 4.80 Å². The van der Waals surface area contributed by atoms with Gasteiger partial charge in [-0.3, -0.25) is 4.79 Å². The van der Waals surface area contributed by atoms with E-state index in [9.17, 15) is 4.79 Å². The van der Waals surface area contributed by atoms with Crippen LogP contribution in [-0.4, -0.2) is 53.8 Å². The maximum absolute atomic E-state index is 12.8. The smallest absolute Gasteiger partial charge is 0.202 e. The monoisotopic (exact) mass is 406 g/mol. The van der Waals surface area contributed by atoms with Crippen molar-refractivity contribution < 1.29 is 9.53 Å². The Labute approximate surface area is 172 Å². The number of ether oxygens (including phenoxy) is 1. The first kappa shape index (κ1) is 19.6. The predicted octanol–water partition coefficient (Wildman–Crippen LogP) is 2.26. The number of unbranched alkanes of at least 4 members (excludes halogenated alkanes) is 1. The van der Waals surface area contributed by atoms with Gasteiger partial charge in [-0.25, -0.2) is 15.0 Å². The summed E-state index contributed by atoms with van der Waals surface area (Å²) in [5, 5.41) is 8.32. The van der Waals surface area contributed by atoms with Gasteiger partial charge in [-0.1, -0.05) is 0 Å². The van der Waals surface area contributed by atoms with E-state index in [1.165, 1.54) is 4.80 Å². The largest absolute Gasteiger partial charge is 0.385 e. The molecule has 0 atom stereocenters. The van der Waals surface area contributed by atoms with Gasteiger partial charge in [-0.2, -0.15) is 10.2 Å². The van der Waals surface area contributed by atoms with Crippen LogP contribution in [0.4, 0.5) is 5.82 Å². The molecule has 0 amide bonds. The Hall–Kier alpha value is -3.66. The minimum absolute atomic E-state index is 0.0580. The first-order chi connectivity index (χ1) is 14.6. The molecule has 30 heavy (non-hydrogen) atoms. The van der Waals surface area contributed by atoms with Gasteiger partial charge in [0.15, 0.2) is 11.6 Å². The van der Waals surface area contributed by atoms with Crippen LogP contribution in [0.2, 0.25) is 0 Å². The number of aromatic nitrogens is 7. The zero-order valence-electron chi connectivity index (χ0n) is 16.8. The van der Waals surface area contributed by atoms with Crippen molar-refractivity contribution in [3.05, 3.63) is 48.3 Å². The number of aryl methyl sites for hydroxylation is 1. The third-order valence-electron chi connectivity index (χ3n) is 4.74. The van der Waals surface area contributed by atoms with Gasteiger partial charge in [0.1, 0.15) is 17.0 Å². The number of fused-ring (bicyclic) bond motifs is 1. The minimum atomic E-state index is -0.155. The van der Waals surface area contributed by atoms with Gasteiger partial charge < -0.3 is 14.9 Å². The number of imidazole rings is 1. The Kier molecular flexibility index (Phi) is 5.48. The summed E-state index contributed by atoms with van der Waals surface area (Å²) in [5.41, 5.74) is 9.26. The quantitative estimate of drug-likeness (QED) is 0.349. The fraction of sp³-hybridized carbons (Fsp3) is 0.300. The van der Waals surface area contributed by atoms with Crippen LogP contribution in [0.5, 0.6) is 0 Å². The molecule has 0 aliphatic carbocycles. The fourth-order valence-corrected chi connectivity index (χ4v) is 3.20. The standard InChI is InChI=1S/C20H22N8O2/c1-13-11-22-16-7-6-14(12-27(13)16)17-20(28-23-8-9-24-28)26-19(21)18(25-17)15(29)5-3-4-10-30-2/h6-9,11-12H,3-5,10H2,1-2H3,(H2,21,26). The summed E-state index contributed by atoms with van der Waals surface area (Å²) in [6, 6.07) is 3.76. The van der Waals surface area contributed by atoms with Gasteiger partial charge >= 0.3 is 0 Å². The van der Waals surface area contributed by atoms with E-state index >= 15 is 0 Å². The molecule has 4 heterocycles. The molecule has 0 unspecified atom stereocenters. The van der Waals surface area contributed by atoms with Crippen LogP contribution in [0.1, 0.15) is 35.4 Å². The van der Waals surface area contributed by atoms with Gasteiger partial charge in [0.2, 0.25) is 5.82 Å². The number of hydrogen-bond acceptors (Lipinski definition) is 8. The van der Waals surface area contributed by atoms with Crippen molar-refractivity contribution in [2.24, 2.45) is 0 Å². The second-order valence-corrected chi connectivity index (χ2v) is 6.87. The van der Waals surface area contributed by atoms with Crippen molar-refractivity contribution in [1.29, 1.82) is 0 Å². The Morgan fingerprint density at radius 3 is 2.73 bits per heavy atom. The minimum Gasteiger partial charge on any atom is -0.385 e. The van der Waals surface area contributed by atoms with Crippen LogP contribution in [0.25, 0.3) is 22.7 Å². The second-order valence-electron chi connectivity index (χ2n) is 6.87. The first-order valence-corrected chi connectivity index (χ1v) is 9.59. The highest BCUT2D eigenvalue weighted by molar-refractivity contribution is 5.98. The van der Waals surface area contributed by atoms with Crippen molar-refractivity contribution in [2.45, 2.75) is 26.2 Å². The van der Waals surface area contributed by atoms with E-state index in [4.69, 9.17) is 10.5 Å². The third kappa shape index (κ3) is 3.77. The number of methoxy groups -OCH3 is 1. The van der Waals surface area contributed by atoms with Crippen molar-refractivity contribution in [3.8, 4) is 17.1 Å². The molecule has 0 spiro atoms. The fourth-order valence-electron chi connectivity index (χ4n) is 3.20. The number of nitrogens with two attached hydrogens (primary N) is 1. The molecule has 10 nitrogen and oxygen atoms in total. The molecule has 10 heteroatoms. The molecule has 0 saturated carbocycles. The number of carbonyl (C=O) groups is 1. The Bertz CT molecular complexity index is 1180. The lowest BCUT2D eigenvalue weighted by Crippen LogP contribution is -2.15. The molecule has 154 valence electrons. The number of rotatable bonds is 8. The van der Waals surface area contributed by atoms with Crippen LogP contribution < -0.4 is 5.73 Å². The lowest BCUT2D eigenvalue weighted by atomic mass is 10.1. The molecular formula is C20H22N8O2. The Morgan fingerprint density at radius 2 is 1.97 bits per heavy atom. The molecule has 0 saturated heterocycles. The summed E-state index contributed by atoms with van der Waals surface area (Å²) in [6.07, 6.45) is 8.57. The van der Waals surface area contributed by atoms with Gasteiger partial charge in [0.25, 0.3) is 0 Å². The predicted molar refractivity (Wildman–Crippen MR) is 110 cm³/mol. The number of ketones is 1. The third-order valence-corrected chi connectivity index (χ3v) is 4.74. The van der Waals surface area contributed by atoms with E-state index in [-0.39, 0.29) is 17.3 Å². The van der Waals surface area contributed by atoms with Crippen LogP contribution in [0, 0.1) is 6.92 Å². The van der Waals surface area contributed by atoms with Crippen molar-refractivity contribution in [1.82, 2.24) is 34.3 Å². The van der Waals surface area contributed by atoms with E-state index in [0.29, 0.717) is 31.0 Å². The highest BCUT2D eigenvalue weighted by atomic mass is 16.5. The molecular weight excluding hydrogens is 384 g/mol. The van der Waals surface area contributed by atoms with Crippen LogP contribution in [-0.2, 0) is 4.74 Å². The van der Waals surface area contributed by atoms with E-state index in [0.717, 1.165) is 23.3 Å². The molecule has 0 fully saturated rings. The van der Waals surface area contributed by atoms with E-state index in [1.54, 1.807) is 25.7 Å². The Morgan fingerprint density at radius 1 is 1.17 bits per heavy atom. The van der Waals surface area contributed by atoms with E-state index < -0.39 is 0 Å². The lowest BCUT2D eigenvalue weighted by molar-refractivity contribution is 0.0971. The molecule has 0 aromatic carbocycles. The number of Topliss-reactive ketones (excluding diaryl/α,β-unsaturated/α-hetero) is 1. The molecule has 0 radical (unpaired) electrons. The second kappa shape index (κ2) is 8.37. The summed E-state index contributed by atoms with van der Waals surface area (Å²) in [6.45, 7) is 2.57. The topological polar surface area (TPSA) is 126 Å². The maximum Gasteiger partial charge on any atom is 0.202 e. The van der Waals surface area contributed by atoms with Crippen LogP contribution >= 0.6 is 0 Å². The van der Waals surface area contributed by atoms with Gasteiger partial charge in [0.05, 0.1) is 12.4 Å². The molecule has 2 N–H and O–H groups in total. The summed E-state index contributed by atoms with van der Waals surface area (Å²) < 4.78 is 6.98. The summed E-state index contributed by atoms with van der Waals surface area (Å²) >= 11 is 0. The molecule has 0 bridgehead atoms. The summed E-state index contributed by atoms with van der Waals surface area (Å²) in [4.78, 5) is 27.5. The highest BCUT2D eigenvalue weighted by Gasteiger charge is 2.21. The van der Waals surface area contributed by atoms with Crippen LogP contribution in [0.3, 0.4) is 0 Å². The normalized spacial score (nSPS) is 11.3. The number of nitrogen functional groups attached to an aromatic ring is 1. The molecule has 0 aliphatic heterocycles. The van der Waals surface area contributed by atoms with Gasteiger partial charge in [-0.05, 0) is 31.9 Å². The van der Waals surface area contributed by atoms with Gasteiger partial charge in [0, 0.05) is 43.8 Å². The zero-order chi connectivity index (χ0) is 21.1. The first-order valence-electron chi connectivity index (χ1n) is 9.59.